The second-order valence-electron chi connectivity index (χ2n) is 4.17. The monoisotopic (exact) mass is 257 g/mol. The van der Waals surface area contributed by atoms with Gasteiger partial charge in [0.1, 0.15) is 0 Å². The van der Waals surface area contributed by atoms with E-state index in [9.17, 15) is 4.79 Å². The number of rotatable bonds is 4. The van der Waals surface area contributed by atoms with Gasteiger partial charge in [0, 0.05) is 16.3 Å². The number of halogens is 1. The molecule has 0 saturated heterocycles. The first-order valence-corrected chi connectivity index (χ1v) is 6.77. The second-order valence-corrected chi connectivity index (χ2v) is 5.29. The molecule has 0 radical (unpaired) electrons. The maximum absolute atomic E-state index is 12.0. The third kappa shape index (κ3) is 3.42. The fourth-order valence-electron chi connectivity index (χ4n) is 1.24. The van der Waals surface area contributed by atoms with E-state index in [1.54, 1.807) is 11.8 Å². The van der Waals surface area contributed by atoms with Crippen molar-refractivity contribution in [2.75, 3.05) is 12.1 Å². The van der Waals surface area contributed by atoms with Crippen molar-refractivity contribution in [3.63, 3.8) is 0 Å². The predicted octanol–water partition coefficient (Wildman–Crippen LogP) is 3.16. The Kier molecular flexibility index (Phi) is 4.69. The molecule has 0 fully saturated rings. The molecule has 1 aromatic carbocycles. The summed E-state index contributed by atoms with van der Waals surface area (Å²) in [6.45, 7) is 3.80. The van der Waals surface area contributed by atoms with E-state index in [0.717, 1.165) is 4.90 Å². The minimum Gasteiger partial charge on any atom is -0.346 e. The lowest BCUT2D eigenvalue weighted by Gasteiger charge is -2.23. The van der Waals surface area contributed by atoms with E-state index in [1.165, 1.54) is 0 Å². The molecule has 0 unspecified atom stereocenters. The Hall–Kier alpha value is -0.670. The third-order valence-corrected chi connectivity index (χ3v) is 3.60. The molecule has 4 heteroatoms. The van der Waals surface area contributed by atoms with Crippen molar-refractivity contribution in [1.82, 2.24) is 5.32 Å². The number of carbonyl (C=O) groups excluding carboxylic acids is 1. The first-order valence-electron chi connectivity index (χ1n) is 5.01. The normalized spacial score (nSPS) is 11.2. The fraction of sp³-hybridized carbons (Fsp3) is 0.417. The van der Waals surface area contributed by atoms with E-state index in [1.807, 2.05) is 44.4 Å². The van der Waals surface area contributed by atoms with Crippen molar-refractivity contribution in [2.45, 2.75) is 24.3 Å². The average Bonchev–Trinajstić information content (AvgIpc) is 2.28. The van der Waals surface area contributed by atoms with Crippen LogP contribution < -0.4 is 5.32 Å². The highest BCUT2D eigenvalue weighted by Gasteiger charge is 2.21. The van der Waals surface area contributed by atoms with Crippen LogP contribution in [0.2, 0.25) is 0 Å². The Labute approximate surface area is 106 Å². The molecule has 0 aliphatic heterocycles. The number of carbonyl (C=O) groups is 1. The van der Waals surface area contributed by atoms with Crippen molar-refractivity contribution in [3.05, 3.63) is 29.8 Å². The smallest absolute Gasteiger partial charge is 0.252 e. The van der Waals surface area contributed by atoms with Crippen LogP contribution in [-0.2, 0) is 0 Å². The van der Waals surface area contributed by atoms with Crippen molar-refractivity contribution >= 4 is 29.3 Å². The van der Waals surface area contributed by atoms with Crippen molar-refractivity contribution in [1.29, 1.82) is 0 Å². The molecule has 88 valence electrons. The van der Waals surface area contributed by atoms with E-state index < -0.39 is 0 Å². The summed E-state index contributed by atoms with van der Waals surface area (Å²) in [7, 11) is 0. The van der Waals surface area contributed by atoms with Crippen molar-refractivity contribution < 1.29 is 4.79 Å². The summed E-state index contributed by atoms with van der Waals surface area (Å²) < 4.78 is 0. The minimum atomic E-state index is -0.385. The van der Waals surface area contributed by atoms with Crippen molar-refractivity contribution in [2.24, 2.45) is 0 Å². The van der Waals surface area contributed by atoms with Gasteiger partial charge < -0.3 is 5.32 Å². The van der Waals surface area contributed by atoms with Gasteiger partial charge in [0.15, 0.2) is 0 Å². The first-order chi connectivity index (χ1) is 7.50. The number of hydrogen-bond acceptors (Lipinski definition) is 2. The van der Waals surface area contributed by atoms with Crippen LogP contribution in [0.1, 0.15) is 24.2 Å². The second kappa shape index (κ2) is 5.60. The SMILES string of the molecule is CSc1ccccc1C(=O)NC(C)(C)CCl. The van der Waals surface area contributed by atoms with Crippen LogP contribution in [0.5, 0.6) is 0 Å². The van der Waals surface area contributed by atoms with Crippen LogP contribution in [0.25, 0.3) is 0 Å². The molecule has 0 saturated carbocycles. The molecular weight excluding hydrogens is 242 g/mol. The first kappa shape index (κ1) is 13.4. The van der Waals surface area contributed by atoms with Crippen LogP contribution in [-0.4, -0.2) is 23.6 Å². The molecule has 0 aliphatic rings. The Morgan fingerprint density at radius 3 is 2.62 bits per heavy atom. The van der Waals surface area contributed by atoms with Crippen LogP contribution in [0.3, 0.4) is 0 Å². The van der Waals surface area contributed by atoms with Gasteiger partial charge in [-0.1, -0.05) is 12.1 Å². The highest BCUT2D eigenvalue weighted by atomic mass is 35.5. The Morgan fingerprint density at radius 2 is 2.06 bits per heavy atom. The molecule has 0 aromatic heterocycles. The summed E-state index contributed by atoms with van der Waals surface area (Å²) in [4.78, 5) is 13.0. The number of nitrogens with one attached hydrogen (secondary N) is 1. The number of hydrogen-bond donors (Lipinski definition) is 1. The summed E-state index contributed by atoms with van der Waals surface area (Å²) in [5.41, 5.74) is 0.317. The summed E-state index contributed by atoms with van der Waals surface area (Å²) in [5.74, 6) is 0.316. The Morgan fingerprint density at radius 1 is 1.44 bits per heavy atom. The Balaban J connectivity index is 2.88. The van der Waals surface area contributed by atoms with Gasteiger partial charge >= 0.3 is 0 Å². The summed E-state index contributed by atoms with van der Waals surface area (Å²) in [6.07, 6.45) is 1.96. The largest absolute Gasteiger partial charge is 0.346 e. The zero-order valence-corrected chi connectivity index (χ0v) is 11.3. The lowest BCUT2D eigenvalue weighted by molar-refractivity contribution is 0.0917. The molecule has 0 heterocycles. The molecule has 1 rings (SSSR count). The number of benzene rings is 1. The maximum Gasteiger partial charge on any atom is 0.252 e. The quantitative estimate of drug-likeness (QED) is 0.663. The molecule has 0 bridgehead atoms. The molecule has 1 aromatic rings. The van der Waals surface area contributed by atoms with Gasteiger partial charge in [-0.15, -0.1) is 23.4 Å². The standard InChI is InChI=1S/C12H16ClNOS/c1-12(2,8-13)14-11(15)9-6-4-5-7-10(9)16-3/h4-7H,8H2,1-3H3,(H,14,15). The summed E-state index contributed by atoms with van der Waals surface area (Å²) in [6, 6.07) is 7.55. The minimum absolute atomic E-state index is 0.0735. The number of amides is 1. The molecular formula is C12H16ClNOS. The predicted molar refractivity (Wildman–Crippen MR) is 70.5 cm³/mol. The van der Waals surface area contributed by atoms with E-state index in [-0.39, 0.29) is 11.4 Å². The number of thioether (sulfide) groups is 1. The van der Waals surface area contributed by atoms with E-state index >= 15 is 0 Å². The van der Waals surface area contributed by atoms with Crippen LogP contribution >= 0.6 is 23.4 Å². The van der Waals surface area contributed by atoms with Crippen LogP contribution in [0.15, 0.2) is 29.2 Å². The van der Waals surface area contributed by atoms with E-state index in [2.05, 4.69) is 5.32 Å². The Bertz CT molecular complexity index is 379. The topological polar surface area (TPSA) is 29.1 Å². The molecule has 16 heavy (non-hydrogen) atoms. The third-order valence-electron chi connectivity index (χ3n) is 2.14. The van der Waals surface area contributed by atoms with Gasteiger partial charge in [-0.2, -0.15) is 0 Å². The van der Waals surface area contributed by atoms with Crippen LogP contribution in [0, 0.1) is 0 Å². The molecule has 1 amide bonds. The van der Waals surface area contributed by atoms with Gasteiger partial charge in [-0.05, 0) is 32.2 Å². The molecule has 2 nitrogen and oxygen atoms in total. The number of alkyl halides is 1. The average molecular weight is 258 g/mol. The van der Waals surface area contributed by atoms with Gasteiger partial charge in [0.2, 0.25) is 0 Å². The molecule has 1 N–H and O–H groups in total. The zero-order valence-electron chi connectivity index (χ0n) is 9.71. The molecule has 0 spiro atoms. The summed E-state index contributed by atoms with van der Waals surface area (Å²) >= 11 is 7.34. The van der Waals surface area contributed by atoms with Gasteiger partial charge in [-0.3, -0.25) is 4.79 Å². The molecule has 0 aliphatic carbocycles. The fourth-order valence-corrected chi connectivity index (χ4v) is 1.90. The van der Waals surface area contributed by atoms with Gasteiger partial charge in [0.05, 0.1) is 5.56 Å². The molecule has 0 atom stereocenters. The van der Waals surface area contributed by atoms with Gasteiger partial charge in [0.25, 0.3) is 5.91 Å². The lowest BCUT2D eigenvalue weighted by atomic mass is 10.1. The lowest BCUT2D eigenvalue weighted by Crippen LogP contribution is -2.45. The maximum atomic E-state index is 12.0. The van der Waals surface area contributed by atoms with E-state index in [4.69, 9.17) is 11.6 Å². The zero-order chi connectivity index (χ0) is 12.2. The van der Waals surface area contributed by atoms with Crippen LogP contribution in [0.4, 0.5) is 0 Å². The van der Waals surface area contributed by atoms with E-state index in [0.29, 0.717) is 11.4 Å². The summed E-state index contributed by atoms with van der Waals surface area (Å²) in [5, 5.41) is 2.91. The highest BCUT2D eigenvalue weighted by molar-refractivity contribution is 7.98. The highest BCUT2D eigenvalue weighted by Crippen LogP contribution is 2.20. The van der Waals surface area contributed by atoms with Crippen molar-refractivity contribution in [3.8, 4) is 0 Å². The van der Waals surface area contributed by atoms with Gasteiger partial charge in [-0.25, -0.2) is 0 Å².